The fourth-order valence-electron chi connectivity index (χ4n) is 6.51. The number of rotatable bonds is 2. The van der Waals surface area contributed by atoms with E-state index in [1.165, 1.54) is 64.6 Å². The normalized spacial score (nSPS) is 13.3. The molecule has 0 atom stereocenters. The third-order valence-electron chi connectivity index (χ3n) is 8.27. The van der Waals surface area contributed by atoms with E-state index in [0.717, 1.165) is 25.3 Å². The number of para-hydroxylation sites is 2. The van der Waals surface area contributed by atoms with Gasteiger partial charge in [-0.25, -0.2) is 4.98 Å². The van der Waals surface area contributed by atoms with Gasteiger partial charge >= 0.3 is 0 Å². The van der Waals surface area contributed by atoms with Gasteiger partial charge in [-0.15, -0.1) is 11.3 Å². The third kappa shape index (κ3) is 3.02. The van der Waals surface area contributed by atoms with Crippen LogP contribution in [0.15, 0.2) is 109 Å². The van der Waals surface area contributed by atoms with Crippen LogP contribution < -0.4 is 0 Å². The monoisotopic (exact) mass is 520 g/mol. The van der Waals surface area contributed by atoms with E-state index in [4.69, 9.17) is 4.98 Å². The Balaban J connectivity index is 1.27. The highest BCUT2D eigenvalue weighted by molar-refractivity contribution is 7.25. The Morgan fingerprint density at radius 2 is 1.41 bits per heavy atom. The highest BCUT2D eigenvalue weighted by atomic mass is 32.1. The molecule has 8 aromatic rings. The van der Waals surface area contributed by atoms with Crippen molar-refractivity contribution in [3.63, 3.8) is 0 Å². The summed E-state index contributed by atoms with van der Waals surface area (Å²) >= 11 is 1.87. The number of hydrogen-bond acceptors (Lipinski definition) is 2. The minimum absolute atomic E-state index is 1.01. The number of nitrogens with zero attached hydrogens (tertiary/aromatic N) is 4. The zero-order chi connectivity index (χ0) is 25.5. The molecule has 1 aliphatic rings. The van der Waals surface area contributed by atoms with Crippen molar-refractivity contribution in [3.8, 4) is 22.9 Å². The van der Waals surface area contributed by atoms with Crippen LogP contribution in [-0.4, -0.2) is 18.7 Å². The Morgan fingerprint density at radius 3 is 2.23 bits per heavy atom. The second kappa shape index (κ2) is 7.95. The molecule has 0 bridgehead atoms. The van der Waals surface area contributed by atoms with E-state index < -0.39 is 0 Å². The summed E-state index contributed by atoms with van der Waals surface area (Å²) in [5.41, 5.74) is 7.45. The van der Waals surface area contributed by atoms with E-state index in [2.05, 4.69) is 117 Å². The molecule has 4 aromatic heterocycles. The number of fused-ring (bicyclic) bond motifs is 9. The van der Waals surface area contributed by atoms with Crippen LogP contribution in [0, 0.1) is 0 Å². The summed E-state index contributed by atoms with van der Waals surface area (Å²) < 4.78 is 9.67. The number of hydrogen-bond donors (Lipinski definition) is 0. The van der Waals surface area contributed by atoms with Gasteiger partial charge in [0.2, 0.25) is 5.95 Å². The first-order valence-electron chi connectivity index (χ1n) is 13.5. The lowest BCUT2D eigenvalue weighted by molar-refractivity contribution is 0.658. The summed E-state index contributed by atoms with van der Waals surface area (Å²) in [6.45, 7) is 1.01. The van der Waals surface area contributed by atoms with Gasteiger partial charge in [0.1, 0.15) is 0 Å². The molecule has 0 saturated heterocycles. The average molecular weight is 521 g/mol. The first kappa shape index (κ1) is 21.3. The van der Waals surface area contributed by atoms with Crippen LogP contribution >= 0.6 is 11.3 Å². The standard InChI is InChI=1S/C34H24N4S/c1-3-9-30-25(7-1)26-8-2-4-10-31(26)37(30)24-13-16-33-28(21-24)27-20-22(11-15-32(27)39-33)29-14-12-23-6-5-18-36-19-17-35-34(36)38(23)29/h1-4,7-17,19-21H,5-6,18H2. The van der Waals surface area contributed by atoms with E-state index in [1.807, 2.05) is 17.5 Å². The second-order valence-electron chi connectivity index (χ2n) is 10.4. The van der Waals surface area contributed by atoms with E-state index in [1.54, 1.807) is 0 Å². The van der Waals surface area contributed by atoms with Crippen molar-refractivity contribution >= 4 is 53.3 Å². The Labute approximate surface area is 229 Å². The maximum absolute atomic E-state index is 4.73. The number of imidazole rings is 1. The van der Waals surface area contributed by atoms with Crippen molar-refractivity contribution in [2.45, 2.75) is 19.4 Å². The fourth-order valence-corrected chi connectivity index (χ4v) is 7.58. The largest absolute Gasteiger partial charge is 0.317 e. The van der Waals surface area contributed by atoms with Gasteiger partial charge in [-0.05, 0) is 73.0 Å². The van der Waals surface area contributed by atoms with Crippen molar-refractivity contribution in [1.82, 2.24) is 18.7 Å². The van der Waals surface area contributed by atoms with Crippen LogP contribution in [0.2, 0.25) is 0 Å². The Morgan fingerprint density at radius 1 is 0.667 bits per heavy atom. The van der Waals surface area contributed by atoms with Crippen molar-refractivity contribution in [2.24, 2.45) is 0 Å². The van der Waals surface area contributed by atoms with Crippen LogP contribution in [0.5, 0.6) is 0 Å². The zero-order valence-electron chi connectivity index (χ0n) is 21.2. The Bertz CT molecular complexity index is 2170. The first-order chi connectivity index (χ1) is 19.3. The van der Waals surface area contributed by atoms with E-state index >= 15 is 0 Å². The summed E-state index contributed by atoms with van der Waals surface area (Å²) in [5.74, 6) is 1.02. The van der Waals surface area contributed by atoms with Crippen LogP contribution in [0.1, 0.15) is 12.1 Å². The van der Waals surface area contributed by atoms with Crippen molar-refractivity contribution in [2.75, 3.05) is 0 Å². The number of aryl methyl sites for hydroxylation is 2. The first-order valence-corrected chi connectivity index (χ1v) is 14.3. The molecule has 39 heavy (non-hydrogen) atoms. The molecule has 0 fully saturated rings. The Kier molecular flexibility index (Phi) is 4.35. The van der Waals surface area contributed by atoms with Gasteiger partial charge < -0.3 is 9.13 Å². The molecule has 1 aliphatic heterocycles. The average Bonchev–Trinajstić information content (AvgIpc) is 3.74. The van der Waals surface area contributed by atoms with Gasteiger partial charge in [-0.3, -0.25) is 4.57 Å². The lowest BCUT2D eigenvalue weighted by Gasteiger charge is -2.12. The summed E-state index contributed by atoms with van der Waals surface area (Å²) in [7, 11) is 0. The second-order valence-corrected chi connectivity index (χ2v) is 11.5. The molecule has 0 radical (unpaired) electrons. The molecule has 0 spiro atoms. The zero-order valence-corrected chi connectivity index (χ0v) is 22.0. The highest BCUT2D eigenvalue weighted by Crippen LogP contribution is 2.40. The van der Waals surface area contributed by atoms with Gasteiger partial charge in [0.25, 0.3) is 0 Å². The molecule has 186 valence electrons. The number of aromatic nitrogens is 4. The van der Waals surface area contributed by atoms with E-state index in [-0.39, 0.29) is 0 Å². The quantitative estimate of drug-likeness (QED) is 0.224. The molecule has 5 heteroatoms. The summed E-state index contributed by atoms with van der Waals surface area (Å²) in [5, 5.41) is 5.19. The van der Waals surface area contributed by atoms with Crippen LogP contribution in [0.4, 0.5) is 0 Å². The number of benzene rings is 4. The fraction of sp³-hybridized carbons (Fsp3) is 0.0882. The Hall–Kier alpha value is -4.61. The van der Waals surface area contributed by atoms with Crippen LogP contribution in [-0.2, 0) is 13.0 Å². The predicted octanol–water partition coefficient (Wildman–Crippen LogP) is 8.75. The summed E-state index contributed by atoms with van der Waals surface area (Å²) in [6, 6.07) is 35.8. The van der Waals surface area contributed by atoms with Gasteiger partial charge in [-0.2, -0.15) is 0 Å². The molecule has 0 N–H and O–H groups in total. The van der Waals surface area contributed by atoms with E-state index in [0.29, 0.717) is 0 Å². The number of thiophene rings is 1. The minimum atomic E-state index is 1.01. The third-order valence-corrected chi connectivity index (χ3v) is 9.43. The molecule has 4 aromatic carbocycles. The molecule has 0 unspecified atom stereocenters. The molecule has 4 nitrogen and oxygen atoms in total. The van der Waals surface area contributed by atoms with Crippen molar-refractivity contribution in [3.05, 3.63) is 115 Å². The lowest BCUT2D eigenvalue weighted by Crippen LogP contribution is -2.06. The van der Waals surface area contributed by atoms with E-state index in [9.17, 15) is 0 Å². The summed E-state index contributed by atoms with van der Waals surface area (Å²) in [4.78, 5) is 4.73. The molecular formula is C34H24N4S. The molecule has 9 rings (SSSR count). The molecular weight excluding hydrogens is 496 g/mol. The van der Waals surface area contributed by atoms with Gasteiger partial charge in [0.05, 0.1) is 16.7 Å². The highest BCUT2D eigenvalue weighted by Gasteiger charge is 2.20. The SMILES string of the molecule is c1ccc2c(c1)c1ccccc1n2-c1ccc2sc3ccc(-c4ccc5n4-c4nccn4CCC5)cc3c2c1. The molecule has 5 heterocycles. The summed E-state index contributed by atoms with van der Waals surface area (Å²) in [6.07, 6.45) is 6.21. The predicted molar refractivity (Wildman–Crippen MR) is 163 cm³/mol. The molecule has 0 aliphatic carbocycles. The van der Waals surface area contributed by atoms with Crippen molar-refractivity contribution in [1.29, 1.82) is 0 Å². The van der Waals surface area contributed by atoms with Gasteiger partial charge in [0.15, 0.2) is 0 Å². The molecule has 0 saturated carbocycles. The van der Waals surface area contributed by atoms with Gasteiger partial charge in [-0.1, -0.05) is 42.5 Å². The minimum Gasteiger partial charge on any atom is -0.317 e. The topological polar surface area (TPSA) is 27.7 Å². The maximum atomic E-state index is 4.73. The van der Waals surface area contributed by atoms with Crippen LogP contribution in [0.25, 0.3) is 64.9 Å². The smallest absolute Gasteiger partial charge is 0.214 e. The van der Waals surface area contributed by atoms with Gasteiger partial charge in [0, 0.05) is 61.3 Å². The molecule has 0 amide bonds. The lowest BCUT2D eigenvalue weighted by atomic mass is 10.1. The maximum Gasteiger partial charge on any atom is 0.214 e. The van der Waals surface area contributed by atoms with Crippen LogP contribution in [0.3, 0.4) is 0 Å². The van der Waals surface area contributed by atoms with Crippen molar-refractivity contribution < 1.29 is 0 Å².